The molecule has 3 rings (SSSR count). The average Bonchev–Trinajstić information content (AvgIpc) is 2.97. The minimum atomic E-state index is 0.192. The van der Waals surface area contributed by atoms with Gasteiger partial charge in [0, 0.05) is 30.9 Å². The molecule has 4 nitrogen and oxygen atoms in total. The third kappa shape index (κ3) is 2.70. The highest BCUT2D eigenvalue weighted by atomic mass is 16.2. The van der Waals surface area contributed by atoms with Gasteiger partial charge >= 0.3 is 0 Å². The van der Waals surface area contributed by atoms with E-state index in [1.165, 1.54) is 5.56 Å². The summed E-state index contributed by atoms with van der Waals surface area (Å²) in [5.74, 6) is 0.536. The van der Waals surface area contributed by atoms with Crippen molar-refractivity contribution in [3.8, 4) is 0 Å². The summed E-state index contributed by atoms with van der Waals surface area (Å²) in [7, 11) is 0. The van der Waals surface area contributed by atoms with E-state index in [9.17, 15) is 4.79 Å². The van der Waals surface area contributed by atoms with Gasteiger partial charge < -0.3 is 10.6 Å². The molecule has 1 aliphatic carbocycles. The van der Waals surface area contributed by atoms with Crippen LogP contribution in [0.1, 0.15) is 50.1 Å². The van der Waals surface area contributed by atoms with Crippen LogP contribution in [0.3, 0.4) is 0 Å². The number of carbonyl (C=O) groups is 1. The van der Waals surface area contributed by atoms with Crippen LogP contribution in [0.4, 0.5) is 0 Å². The lowest BCUT2D eigenvalue weighted by atomic mass is 9.85. The fourth-order valence-corrected chi connectivity index (χ4v) is 3.56. The van der Waals surface area contributed by atoms with E-state index in [2.05, 4.69) is 9.88 Å². The lowest BCUT2D eigenvalue weighted by molar-refractivity contribution is -0.137. The molecule has 2 aliphatic rings. The highest BCUT2D eigenvalue weighted by Crippen LogP contribution is 2.35. The number of aromatic nitrogens is 1. The van der Waals surface area contributed by atoms with Gasteiger partial charge in [-0.3, -0.25) is 9.78 Å². The van der Waals surface area contributed by atoms with Gasteiger partial charge in [0.25, 0.3) is 0 Å². The summed E-state index contributed by atoms with van der Waals surface area (Å²) in [4.78, 5) is 18.9. The summed E-state index contributed by atoms with van der Waals surface area (Å²) in [6.45, 7) is 0.897. The van der Waals surface area contributed by atoms with Gasteiger partial charge in [-0.05, 0) is 56.2 Å². The normalized spacial score (nSPS) is 30.4. The Balaban J connectivity index is 1.70. The minimum Gasteiger partial charge on any atom is -0.335 e. The second kappa shape index (κ2) is 5.92. The van der Waals surface area contributed by atoms with E-state index in [0.29, 0.717) is 11.9 Å². The summed E-state index contributed by atoms with van der Waals surface area (Å²) in [5, 5.41) is 0. The van der Waals surface area contributed by atoms with Crippen LogP contribution in [-0.4, -0.2) is 28.4 Å². The SMILES string of the molecule is NC1CCC(C(=O)N2CCCC2c2ccncc2)CC1. The number of nitrogens with two attached hydrogens (primary N) is 1. The molecule has 1 unspecified atom stereocenters. The standard InChI is InChI=1S/C16H23N3O/c17-14-5-3-13(4-6-14)16(20)19-11-1-2-15(19)12-7-9-18-10-8-12/h7-10,13-15H,1-6,11,17H2. The van der Waals surface area contributed by atoms with Gasteiger partial charge in [-0.2, -0.15) is 0 Å². The Labute approximate surface area is 120 Å². The molecule has 108 valence electrons. The first kappa shape index (κ1) is 13.6. The van der Waals surface area contributed by atoms with E-state index in [4.69, 9.17) is 5.73 Å². The average molecular weight is 273 g/mol. The molecule has 1 aromatic rings. The van der Waals surface area contributed by atoms with Crippen LogP contribution in [0, 0.1) is 5.92 Å². The van der Waals surface area contributed by atoms with E-state index in [0.717, 1.165) is 45.1 Å². The largest absolute Gasteiger partial charge is 0.335 e. The van der Waals surface area contributed by atoms with Crippen LogP contribution in [0.5, 0.6) is 0 Å². The maximum Gasteiger partial charge on any atom is 0.226 e. The first-order valence-electron chi connectivity index (χ1n) is 7.71. The summed E-state index contributed by atoms with van der Waals surface area (Å²) < 4.78 is 0. The van der Waals surface area contributed by atoms with Crippen molar-refractivity contribution in [2.75, 3.05) is 6.54 Å². The lowest BCUT2D eigenvalue weighted by Gasteiger charge is -2.32. The Bertz CT molecular complexity index is 454. The van der Waals surface area contributed by atoms with Gasteiger partial charge in [-0.1, -0.05) is 0 Å². The molecule has 4 heteroatoms. The molecule has 2 N–H and O–H groups in total. The van der Waals surface area contributed by atoms with Gasteiger partial charge in [0.1, 0.15) is 0 Å². The Hall–Kier alpha value is -1.42. The molecule has 0 radical (unpaired) electrons. The molecule has 2 heterocycles. The summed E-state index contributed by atoms with van der Waals surface area (Å²) in [6.07, 6.45) is 9.70. The quantitative estimate of drug-likeness (QED) is 0.899. The second-order valence-electron chi connectivity index (χ2n) is 6.08. The monoisotopic (exact) mass is 273 g/mol. The second-order valence-corrected chi connectivity index (χ2v) is 6.08. The maximum atomic E-state index is 12.8. The number of likely N-dealkylation sites (tertiary alicyclic amines) is 1. The molecule has 1 saturated heterocycles. The molecule has 20 heavy (non-hydrogen) atoms. The fraction of sp³-hybridized carbons (Fsp3) is 0.625. The molecule has 1 saturated carbocycles. The van der Waals surface area contributed by atoms with Crippen LogP contribution >= 0.6 is 0 Å². The number of carbonyl (C=O) groups excluding carboxylic acids is 1. The molecule has 1 amide bonds. The Kier molecular flexibility index (Phi) is 4.01. The maximum absolute atomic E-state index is 12.8. The van der Waals surface area contributed by atoms with E-state index in [-0.39, 0.29) is 12.0 Å². The smallest absolute Gasteiger partial charge is 0.226 e. The van der Waals surface area contributed by atoms with Crippen molar-refractivity contribution in [3.05, 3.63) is 30.1 Å². The van der Waals surface area contributed by atoms with Gasteiger partial charge in [0.2, 0.25) is 5.91 Å². The third-order valence-corrected chi connectivity index (χ3v) is 4.75. The number of rotatable bonds is 2. The van der Waals surface area contributed by atoms with E-state index in [1.807, 2.05) is 24.5 Å². The van der Waals surface area contributed by atoms with E-state index in [1.54, 1.807) is 0 Å². The summed E-state index contributed by atoms with van der Waals surface area (Å²) in [6, 6.07) is 4.62. The number of amides is 1. The number of pyridine rings is 1. The van der Waals surface area contributed by atoms with Crippen LogP contribution in [0.2, 0.25) is 0 Å². The number of nitrogens with zero attached hydrogens (tertiary/aromatic N) is 2. The van der Waals surface area contributed by atoms with Crippen molar-refractivity contribution < 1.29 is 4.79 Å². The zero-order valence-electron chi connectivity index (χ0n) is 11.9. The van der Waals surface area contributed by atoms with Crippen molar-refractivity contribution in [2.45, 2.75) is 50.6 Å². The van der Waals surface area contributed by atoms with Crippen molar-refractivity contribution in [1.82, 2.24) is 9.88 Å². The zero-order chi connectivity index (χ0) is 13.9. The third-order valence-electron chi connectivity index (χ3n) is 4.75. The Morgan fingerprint density at radius 3 is 2.55 bits per heavy atom. The Morgan fingerprint density at radius 1 is 1.15 bits per heavy atom. The minimum absolute atomic E-state index is 0.192. The molecule has 0 bridgehead atoms. The Morgan fingerprint density at radius 2 is 1.85 bits per heavy atom. The van der Waals surface area contributed by atoms with Gasteiger partial charge in [0.15, 0.2) is 0 Å². The first-order valence-corrected chi connectivity index (χ1v) is 7.71. The van der Waals surface area contributed by atoms with Crippen molar-refractivity contribution in [3.63, 3.8) is 0 Å². The fourth-order valence-electron chi connectivity index (χ4n) is 3.56. The van der Waals surface area contributed by atoms with Gasteiger partial charge in [-0.15, -0.1) is 0 Å². The highest BCUT2D eigenvalue weighted by Gasteiger charge is 2.35. The highest BCUT2D eigenvalue weighted by molar-refractivity contribution is 5.79. The molecular formula is C16H23N3O. The summed E-state index contributed by atoms with van der Waals surface area (Å²) >= 11 is 0. The summed E-state index contributed by atoms with van der Waals surface area (Å²) in [5.41, 5.74) is 7.16. The number of hydrogen-bond donors (Lipinski definition) is 1. The van der Waals surface area contributed by atoms with Crippen molar-refractivity contribution in [2.24, 2.45) is 11.7 Å². The van der Waals surface area contributed by atoms with Crippen LogP contribution < -0.4 is 5.73 Å². The predicted octanol–water partition coefficient (Wildman–Crippen LogP) is 2.26. The van der Waals surface area contributed by atoms with E-state index < -0.39 is 0 Å². The number of hydrogen-bond acceptors (Lipinski definition) is 3. The molecular weight excluding hydrogens is 250 g/mol. The van der Waals surface area contributed by atoms with Crippen molar-refractivity contribution in [1.29, 1.82) is 0 Å². The van der Waals surface area contributed by atoms with Crippen LogP contribution in [-0.2, 0) is 4.79 Å². The van der Waals surface area contributed by atoms with Crippen LogP contribution in [0.15, 0.2) is 24.5 Å². The topological polar surface area (TPSA) is 59.2 Å². The van der Waals surface area contributed by atoms with Gasteiger partial charge in [-0.25, -0.2) is 0 Å². The molecule has 0 spiro atoms. The molecule has 1 aromatic heterocycles. The molecule has 2 fully saturated rings. The first-order chi connectivity index (χ1) is 9.75. The molecule has 0 aromatic carbocycles. The van der Waals surface area contributed by atoms with Crippen molar-refractivity contribution >= 4 is 5.91 Å². The molecule has 1 aliphatic heterocycles. The van der Waals surface area contributed by atoms with E-state index >= 15 is 0 Å². The molecule has 1 atom stereocenters. The lowest BCUT2D eigenvalue weighted by Crippen LogP contribution is -2.39. The van der Waals surface area contributed by atoms with Crippen LogP contribution in [0.25, 0.3) is 0 Å². The zero-order valence-corrected chi connectivity index (χ0v) is 11.9. The predicted molar refractivity (Wildman–Crippen MR) is 77.9 cm³/mol. The van der Waals surface area contributed by atoms with Gasteiger partial charge in [0.05, 0.1) is 6.04 Å².